The van der Waals surface area contributed by atoms with E-state index < -0.39 is 18.0 Å². The second-order valence-corrected chi connectivity index (χ2v) is 8.72. The number of ether oxygens (including phenoxy) is 2. The fourth-order valence-corrected chi connectivity index (χ4v) is 4.00. The quantitative estimate of drug-likeness (QED) is 0.370. The number of Topliss-reactive ketones (excluding diaryl/α,β-unsaturated/α-hetero) is 1. The van der Waals surface area contributed by atoms with Crippen LogP contribution in [0.3, 0.4) is 0 Å². The Kier molecular flexibility index (Phi) is 9.60. The summed E-state index contributed by atoms with van der Waals surface area (Å²) in [6.45, 7) is 4.60. The summed E-state index contributed by atoms with van der Waals surface area (Å²) in [7, 11) is 0. The van der Waals surface area contributed by atoms with Gasteiger partial charge in [0.2, 0.25) is 5.91 Å². The number of morpholine rings is 1. The van der Waals surface area contributed by atoms with Crippen molar-refractivity contribution in [1.82, 2.24) is 5.32 Å². The van der Waals surface area contributed by atoms with E-state index in [1.807, 2.05) is 17.5 Å². The zero-order valence-corrected chi connectivity index (χ0v) is 19.9. The van der Waals surface area contributed by atoms with Crippen molar-refractivity contribution in [2.45, 2.75) is 32.3 Å². The lowest BCUT2D eigenvalue weighted by Crippen LogP contribution is -2.36. The van der Waals surface area contributed by atoms with Crippen LogP contribution in [0.4, 0.5) is 11.4 Å². The van der Waals surface area contributed by atoms with Crippen LogP contribution in [0.25, 0.3) is 0 Å². The van der Waals surface area contributed by atoms with Crippen molar-refractivity contribution >= 4 is 46.3 Å². The molecule has 2 amide bonds. The van der Waals surface area contributed by atoms with Crippen molar-refractivity contribution in [3.63, 3.8) is 0 Å². The number of thiophene rings is 1. The van der Waals surface area contributed by atoms with Gasteiger partial charge in [-0.2, -0.15) is 0 Å². The van der Waals surface area contributed by atoms with E-state index >= 15 is 0 Å². The number of carbonyl (C=O) groups is 4. The number of hydrogen-bond acceptors (Lipinski definition) is 8. The molecule has 0 aliphatic carbocycles. The number of nitrogens with one attached hydrogen (secondary N) is 2. The summed E-state index contributed by atoms with van der Waals surface area (Å²) in [5, 5.41) is 7.13. The van der Waals surface area contributed by atoms with Crippen molar-refractivity contribution in [2.24, 2.45) is 0 Å². The maximum atomic E-state index is 12.3. The lowest BCUT2D eigenvalue weighted by Gasteiger charge is -2.28. The van der Waals surface area contributed by atoms with Gasteiger partial charge in [0.25, 0.3) is 5.91 Å². The summed E-state index contributed by atoms with van der Waals surface area (Å²) >= 11 is 1.34. The molecule has 0 radical (unpaired) electrons. The molecule has 0 unspecified atom stereocenters. The number of nitrogens with zero attached hydrogens (tertiary/aromatic N) is 1. The highest BCUT2D eigenvalue weighted by atomic mass is 32.1. The van der Waals surface area contributed by atoms with Gasteiger partial charge in [-0.05, 0) is 42.6 Å². The Morgan fingerprint density at radius 3 is 2.47 bits per heavy atom. The second kappa shape index (κ2) is 12.9. The van der Waals surface area contributed by atoms with Crippen LogP contribution in [-0.4, -0.2) is 62.5 Å². The first kappa shape index (κ1) is 25.4. The number of ketones is 1. The Balaban J connectivity index is 1.32. The van der Waals surface area contributed by atoms with Crippen LogP contribution in [0.1, 0.15) is 35.9 Å². The molecule has 2 aromatic rings. The fourth-order valence-electron chi connectivity index (χ4n) is 3.31. The first-order valence-electron chi connectivity index (χ1n) is 11.2. The normalized spacial score (nSPS) is 14.2. The molecule has 1 saturated heterocycles. The van der Waals surface area contributed by atoms with Crippen LogP contribution >= 0.6 is 11.3 Å². The maximum absolute atomic E-state index is 12.3. The molecule has 34 heavy (non-hydrogen) atoms. The van der Waals surface area contributed by atoms with Crippen molar-refractivity contribution in [1.29, 1.82) is 0 Å². The van der Waals surface area contributed by atoms with Gasteiger partial charge in [0.15, 0.2) is 11.9 Å². The van der Waals surface area contributed by atoms with Gasteiger partial charge >= 0.3 is 5.97 Å². The molecule has 182 valence electrons. The molecule has 9 nitrogen and oxygen atoms in total. The first-order valence-corrected chi connectivity index (χ1v) is 12.1. The highest BCUT2D eigenvalue weighted by Crippen LogP contribution is 2.19. The minimum Gasteiger partial charge on any atom is -0.452 e. The third kappa shape index (κ3) is 7.96. The van der Waals surface area contributed by atoms with Crippen molar-refractivity contribution in [3.8, 4) is 0 Å². The largest absolute Gasteiger partial charge is 0.452 e. The Morgan fingerprint density at radius 2 is 1.79 bits per heavy atom. The van der Waals surface area contributed by atoms with E-state index in [1.165, 1.54) is 18.3 Å². The molecule has 2 heterocycles. The number of carbonyl (C=O) groups excluding carboxylic acids is 4. The summed E-state index contributed by atoms with van der Waals surface area (Å²) in [6, 6.07) is 11.0. The number of benzene rings is 1. The SMILES string of the molecule is C[C@@H](OC(=O)CCNC(=O)CCC(=O)c1cccs1)C(=O)Nc1ccc(N2CCOCC2)cc1. The van der Waals surface area contributed by atoms with Gasteiger partial charge in [-0.15, -0.1) is 11.3 Å². The lowest BCUT2D eigenvalue weighted by atomic mass is 10.2. The van der Waals surface area contributed by atoms with Crippen LogP contribution in [-0.2, 0) is 23.9 Å². The van der Waals surface area contributed by atoms with Gasteiger partial charge in [-0.3, -0.25) is 19.2 Å². The molecule has 1 aromatic carbocycles. The summed E-state index contributed by atoms with van der Waals surface area (Å²) in [4.78, 5) is 51.0. The third-order valence-electron chi connectivity index (χ3n) is 5.21. The van der Waals surface area contributed by atoms with Crippen LogP contribution < -0.4 is 15.5 Å². The smallest absolute Gasteiger partial charge is 0.308 e. The third-order valence-corrected chi connectivity index (χ3v) is 6.13. The summed E-state index contributed by atoms with van der Waals surface area (Å²) < 4.78 is 10.5. The van der Waals surface area contributed by atoms with Gasteiger partial charge in [0, 0.05) is 43.9 Å². The van der Waals surface area contributed by atoms with Gasteiger partial charge in [0.05, 0.1) is 24.5 Å². The molecular weight excluding hydrogens is 458 g/mol. The van der Waals surface area contributed by atoms with Gasteiger partial charge in [-0.25, -0.2) is 0 Å². The average Bonchev–Trinajstić information content (AvgIpc) is 3.39. The van der Waals surface area contributed by atoms with Gasteiger partial charge in [-0.1, -0.05) is 6.07 Å². The molecule has 0 saturated carbocycles. The van der Waals surface area contributed by atoms with Crippen LogP contribution in [0.2, 0.25) is 0 Å². The first-order chi connectivity index (χ1) is 16.4. The van der Waals surface area contributed by atoms with E-state index in [1.54, 1.807) is 24.3 Å². The minimum atomic E-state index is -0.981. The summed E-state index contributed by atoms with van der Waals surface area (Å²) in [5.74, 6) is -1.44. The Morgan fingerprint density at radius 1 is 1.06 bits per heavy atom. The monoisotopic (exact) mass is 487 g/mol. The molecule has 1 aliphatic heterocycles. The van der Waals surface area contributed by atoms with E-state index in [4.69, 9.17) is 9.47 Å². The van der Waals surface area contributed by atoms with Crippen LogP contribution in [0.5, 0.6) is 0 Å². The van der Waals surface area contributed by atoms with Gasteiger partial charge in [0.1, 0.15) is 0 Å². The topological polar surface area (TPSA) is 114 Å². The van der Waals surface area contributed by atoms with E-state index in [2.05, 4.69) is 15.5 Å². The maximum Gasteiger partial charge on any atom is 0.308 e. The minimum absolute atomic E-state index is 0.0505. The number of rotatable bonds is 11. The Labute approximate surface area is 202 Å². The molecule has 1 atom stereocenters. The molecular formula is C24H29N3O6S. The van der Waals surface area contributed by atoms with E-state index in [9.17, 15) is 19.2 Å². The predicted octanol–water partition coefficient (Wildman–Crippen LogP) is 2.62. The predicted molar refractivity (Wildman–Crippen MR) is 129 cm³/mol. The molecule has 10 heteroatoms. The zero-order valence-electron chi connectivity index (χ0n) is 19.1. The molecule has 3 rings (SSSR count). The Hall–Kier alpha value is -3.24. The van der Waals surface area contributed by atoms with Crippen LogP contribution in [0, 0.1) is 0 Å². The van der Waals surface area contributed by atoms with E-state index in [0.29, 0.717) is 23.8 Å². The Bertz CT molecular complexity index is 971. The molecule has 0 bridgehead atoms. The molecule has 2 N–H and O–H groups in total. The second-order valence-electron chi connectivity index (χ2n) is 7.77. The molecule has 1 aliphatic rings. The zero-order chi connectivity index (χ0) is 24.3. The van der Waals surface area contributed by atoms with E-state index in [-0.39, 0.29) is 37.5 Å². The lowest BCUT2D eigenvalue weighted by molar-refractivity contribution is -0.153. The molecule has 0 spiro atoms. The van der Waals surface area contributed by atoms with E-state index in [0.717, 1.165) is 18.8 Å². The summed E-state index contributed by atoms with van der Waals surface area (Å²) in [6.07, 6.45) is -0.891. The highest BCUT2D eigenvalue weighted by Gasteiger charge is 2.19. The number of hydrogen-bond donors (Lipinski definition) is 2. The fraction of sp³-hybridized carbons (Fsp3) is 0.417. The highest BCUT2D eigenvalue weighted by molar-refractivity contribution is 7.12. The molecule has 1 fully saturated rings. The van der Waals surface area contributed by atoms with Crippen molar-refractivity contribution in [3.05, 3.63) is 46.7 Å². The number of esters is 1. The summed E-state index contributed by atoms with van der Waals surface area (Å²) in [5.41, 5.74) is 1.66. The number of anilines is 2. The van der Waals surface area contributed by atoms with Crippen molar-refractivity contribution in [2.75, 3.05) is 43.1 Å². The van der Waals surface area contributed by atoms with Crippen LogP contribution in [0.15, 0.2) is 41.8 Å². The van der Waals surface area contributed by atoms with Crippen molar-refractivity contribution < 1.29 is 28.7 Å². The standard InChI is InChI=1S/C24H29N3O6S/c1-17(24(31)26-18-4-6-19(7-5-18)27-12-14-32-15-13-27)33-23(30)10-11-25-22(29)9-8-20(28)21-3-2-16-34-21/h2-7,16-17H,8-15H2,1H3,(H,25,29)(H,26,31)/t17-/m1/s1. The number of amides is 2. The van der Waals surface area contributed by atoms with Gasteiger partial charge < -0.3 is 25.0 Å². The average molecular weight is 488 g/mol. The molecule has 1 aromatic heterocycles.